The third kappa shape index (κ3) is 4.29. The summed E-state index contributed by atoms with van der Waals surface area (Å²) in [6.45, 7) is 6.19. The van der Waals surface area contributed by atoms with Gasteiger partial charge in [-0.25, -0.2) is 4.79 Å². The molecule has 1 aromatic heterocycles. The molecule has 3 aromatic rings. The number of carbonyl (C=O) groups is 1. The number of benzene rings is 2. The summed E-state index contributed by atoms with van der Waals surface area (Å²) in [7, 11) is 0. The molecule has 1 aliphatic rings. The summed E-state index contributed by atoms with van der Waals surface area (Å²) in [6.07, 6.45) is 3.92. The number of hydrogen-bond acceptors (Lipinski definition) is 4. The molecule has 4 rings (SSSR count). The fourth-order valence-corrected chi connectivity index (χ4v) is 4.56. The second-order valence-electron chi connectivity index (χ2n) is 8.41. The number of anilines is 1. The minimum absolute atomic E-state index is 0.184. The summed E-state index contributed by atoms with van der Waals surface area (Å²) in [6, 6.07) is 16.4. The highest BCUT2D eigenvalue weighted by Crippen LogP contribution is 2.42. The number of nitrogens with one attached hydrogen (secondary N) is 1. The molecule has 6 heteroatoms. The fourth-order valence-electron chi connectivity index (χ4n) is 4.56. The maximum absolute atomic E-state index is 11.9. The van der Waals surface area contributed by atoms with E-state index in [1.165, 1.54) is 12.8 Å². The highest BCUT2D eigenvalue weighted by atomic mass is 16.6. The van der Waals surface area contributed by atoms with Crippen LogP contribution in [0.2, 0.25) is 0 Å². The molecule has 0 aliphatic heterocycles. The van der Waals surface area contributed by atoms with Crippen molar-refractivity contribution in [3.05, 3.63) is 48.0 Å². The van der Waals surface area contributed by atoms with E-state index in [4.69, 9.17) is 9.47 Å². The topological polar surface area (TPSA) is 76.3 Å². The van der Waals surface area contributed by atoms with Gasteiger partial charge in [0.2, 0.25) is 0 Å². The Morgan fingerprint density at radius 2 is 1.91 bits per heavy atom. The van der Waals surface area contributed by atoms with Crippen molar-refractivity contribution in [2.24, 2.45) is 0 Å². The first kappa shape index (κ1) is 21.8. The number of nitriles is 1. The lowest BCUT2D eigenvalue weighted by molar-refractivity contribution is 0.130. The second kappa shape index (κ2) is 9.35. The Balaban J connectivity index is 1.79. The first-order valence-corrected chi connectivity index (χ1v) is 11.3. The Morgan fingerprint density at radius 3 is 2.53 bits per heavy atom. The largest absolute Gasteiger partial charge is 0.494 e. The molecule has 166 valence electrons. The van der Waals surface area contributed by atoms with Crippen molar-refractivity contribution in [3.8, 4) is 23.1 Å². The van der Waals surface area contributed by atoms with Crippen molar-refractivity contribution in [1.82, 2.24) is 4.57 Å². The van der Waals surface area contributed by atoms with Gasteiger partial charge in [0.25, 0.3) is 0 Å². The molecule has 0 spiro atoms. The van der Waals surface area contributed by atoms with Crippen LogP contribution in [0.4, 0.5) is 10.5 Å². The lowest BCUT2D eigenvalue weighted by atomic mass is 10.1. The highest BCUT2D eigenvalue weighted by molar-refractivity contribution is 5.96. The Hall–Kier alpha value is -3.46. The number of amides is 1. The number of nitrogens with zero attached hydrogens (tertiary/aromatic N) is 2. The normalized spacial score (nSPS) is 14.0. The summed E-state index contributed by atoms with van der Waals surface area (Å²) < 4.78 is 13.2. The zero-order valence-corrected chi connectivity index (χ0v) is 18.9. The van der Waals surface area contributed by atoms with Gasteiger partial charge < -0.3 is 14.0 Å². The standard InChI is InChI=1S/C26H29N3O3/c1-4-31-21-13-14-22-23(16-27)25(29(24(22)15-21)20-7-5-6-8-20)18-9-11-19(12-10-18)28-26(30)32-17(2)3/h9-15,17,20H,4-8H2,1-3H3,(H,28,30). The number of hydrogen-bond donors (Lipinski definition) is 1. The van der Waals surface area contributed by atoms with Gasteiger partial charge >= 0.3 is 6.09 Å². The maximum atomic E-state index is 11.9. The van der Waals surface area contributed by atoms with E-state index in [1.807, 2.05) is 57.2 Å². The molecule has 1 saturated carbocycles. The second-order valence-corrected chi connectivity index (χ2v) is 8.41. The molecule has 1 N–H and O–H groups in total. The SMILES string of the molecule is CCOc1ccc2c(C#N)c(-c3ccc(NC(=O)OC(C)C)cc3)n(C3CCCC3)c2c1. The van der Waals surface area contributed by atoms with Crippen LogP contribution in [0.3, 0.4) is 0 Å². The molecule has 1 heterocycles. The minimum Gasteiger partial charge on any atom is -0.494 e. The highest BCUT2D eigenvalue weighted by Gasteiger charge is 2.26. The zero-order valence-electron chi connectivity index (χ0n) is 18.9. The average molecular weight is 432 g/mol. The van der Waals surface area contributed by atoms with Gasteiger partial charge in [-0.05, 0) is 63.4 Å². The van der Waals surface area contributed by atoms with Gasteiger partial charge in [0.15, 0.2) is 0 Å². The molecule has 0 atom stereocenters. The third-order valence-corrected chi connectivity index (χ3v) is 5.84. The van der Waals surface area contributed by atoms with E-state index in [0.717, 1.165) is 40.8 Å². The average Bonchev–Trinajstić information content (AvgIpc) is 3.39. The lowest BCUT2D eigenvalue weighted by Crippen LogP contribution is -2.17. The van der Waals surface area contributed by atoms with Crippen LogP contribution >= 0.6 is 0 Å². The van der Waals surface area contributed by atoms with Crippen LogP contribution in [0.15, 0.2) is 42.5 Å². The molecule has 1 amide bonds. The van der Waals surface area contributed by atoms with Gasteiger partial charge in [-0.3, -0.25) is 5.32 Å². The van der Waals surface area contributed by atoms with Crippen LogP contribution in [0.25, 0.3) is 22.2 Å². The van der Waals surface area contributed by atoms with Gasteiger partial charge in [0.1, 0.15) is 11.8 Å². The molecule has 2 aromatic carbocycles. The third-order valence-electron chi connectivity index (χ3n) is 5.84. The maximum Gasteiger partial charge on any atom is 0.411 e. The summed E-state index contributed by atoms with van der Waals surface area (Å²) in [4.78, 5) is 11.9. The lowest BCUT2D eigenvalue weighted by Gasteiger charge is -2.19. The molecule has 0 radical (unpaired) electrons. The number of fused-ring (bicyclic) bond motifs is 1. The van der Waals surface area contributed by atoms with Gasteiger partial charge in [-0.1, -0.05) is 25.0 Å². The Kier molecular flexibility index (Phi) is 6.36. The monoisotopic (exact) mass is 431 g/mol. The quantitative estimate of drug-likeness (QED) is 0.474. The Bertz CT molecular complexity index is 1150. The van der Waals surface area contributed by atoms with Gasteiger partial charge in [0.05, 0.1) is 29.5 Å². The number of carbonyl (C=O) groups excluding carboxylic acids is 1. The van der Waals surface area contributed by atoms with Crippen molar-refractivity contribution in [2.45, 2.75) is 58.6 Å². The minimum atomic E-state index is -0.478. The van der Waals surface area contributed by atoms with Crippen molar-refractivity contribution in [1.29, 1.82) is 5.26 Å². The number of aromatic nitrogens is 1. The van der Waals surface area contributed by atoms with Crippen LogP contribution in [0, 0.1) is 11.3 Å². The number of rotatable bonds is 6. The molecule has 1 aliphatic carbocycles. The van der Waals surface area contributed by atoms with Crippen LogP contribution in [-0.4, -0.2) is 23.4 Å². The Morgan fingerprint density at radius 1 is 1.19 bits per heavy atom. The summed E-state index contributed by atoms with van der Waals surface area (Å²) >= 11 is 0. The van der Waals surface area contributed by atoms with Crippen LogP contribution in [0.5, 0.6) is 5.75 Å². The molecule has 0 unspecified atom stereocenters. The fraction of sp³-hybridized carbons (Fsp3) is 0.385. The predicted molar refractivity (Wildman–Crippen MR) is 126 cm³/mol. The van der Waals surface area contributed by atoms with Crippen LogP contribution < -0.4 is 10.1 Å². The molecule has 0 bridgehead atoms. The van der Waals surface area contributed by atoms with E-state index in [2.05, 4.69) is 22.0 Å². The predicted octanol–water partition coefficient (Wildman–Crippen LogP) is 6.65. The van der Waals surface area contributed by atoms with E-state index in [9.17, 15) is 10.1 Å². The van der Waals surface area contributed by atoms with Gasteiger partial charge in [0, 0.05) is 23.2 Å². The summed E-state index contributed by atoms with van der Waals surface area (Å²) in [5.41, 5.74) is 4.25. The number of ether oxygens (including phenoxy) is 2. The summed E-state index contributed by atoms with van der Waals surface area (Å²) in [5.74, 6) is 0.816. The van der Waals surface area contributed by atoms with Gasteiger partial charge in [-0.15, -0.1) is 0 Å². The van der Waals surface area contributed by atoms with Crippen molar-refractivity contribution >= 4 is 22.7 Å². The summed E-state index contributed by atoms with van der Waals surface area (Å²) in [5, 5.41) is 13.8. The molecular weight excluding hydrogens is 402 g/mol. The first-order chi connectivity index (χ1) is 15.5. The van der Waals surface area contributed by atoms with Crippen LogP contribution in [-0.2, 0) is 4.74 Å². The molecule has 6 nitrogen and oxygen atoms in total. The van der Waals surface area contributed by atoms with Crippen molar-refractivity contribution in [3.63, 3.8) is 0 Å². The molecule has 32 heavy (non-hydrogen) atoms. The zero-order chi connectivity index (χ0) is 22.7. The van der Waals surface area contributed by atoms with E-state index in [-0.39, 0.29) is 6.10 Å². The molecule has 0 saturated heterocycles. The van der Waals surface area contributed by atoms with E-state index < -0.39 is 6.09 Å². The molecule has 1 fully saturated rings. The van der Waals surface area contributed by atoms with E-state index >= 15 is 0 Å². The van der Waals surface area contributed by atoms with Crippen molar-refractivity contribution in [2.75, 3.05) is 11.9 Å². The first-order valence-electron chi connectivity index (χ1n) is 11.3. The van der Waals surface area contributed by atoms with Crippen molar-refractivity contribution < 1.29 is 14.3 Å². The van der Waals surface area contributed by atoms with E-state index in [1.54, 1.807) is 0 Å². The van der Waals surface area contributed by atoms with Gasteiger partial charge in [-0.2, -0.15) is 5.26 Å². The van der Waals surface area contributed by atoms with E-state index in [0.29, 0.717) is 23.9 Å². The Labute approximate surface area is 188 Å². The smallest absolute Gasteiger partial charge is 0.411 e. The van der Waals surface area contributed by atoms with Crippen LogP contribution in [0.1, 0.15) is 58.1 Å². The molecular formula is C26H29N3O3.